The van der Waals surface area contributed by atoms with Crippen molar-refractivity contribution >= 4 is 5.97 Å². The van der Waals surface area contributed by atoms with Gasteiger partial charge >= 0.3 is 5.97 Å². The summed E-state index contributed by atoms with van der Waals surface area (Å²) in [5.41, 5.74) is 0. The Labute approximate surface area is 82.8 Å². The molecule has 0 unspecified atom stereocenters. The maximum Gasteiger partial charge on any atom is 0.320 e. The maximum absolute atomic E-state index is 10.5. The zero-order valence-corrected chi connectivity index (χ0v) is 8.40. The molecule has 2 N–H and O–H groups in total. The Morgan fingerprint density at radius 3 is 3.00 bits per heavy atom. The van der Waals surface area contributed by atoms with Crippen LogP contribution in [0.2, 0.25) is 0 Å². The van der Waals surface area contributed by atoms with Gasteiger partial charge in [-0.3, -0.25) is 4.79 Å². The highest BCUT2D eigenvalue weighted by molar-refractivity contribution is 5.72. The van der Waals surface area contributed by atoms with Crippen LogP contribution in [0.25, 0.3) is 0 Å². The topological polar surface area (TPSA) is 67.2 Å². The monoisotopic (exact) mass is 197 g/mol. The van der Waals surface area contributed by atoms with Crippen molar-refractivity contribution in [2.45, 2.75) is 26.4 Å². The van der Waals surface area contributed by atoms with Gasteiger partial charge in [-0.25, -0.2) is 4.98 Å². The van der Waals surface area contributed by atoms with Gasteiger partial charge in [0.1, 0.15) is 11.9 Å². The second kappa shape index (κ2) is 4.76. The Balaban J connectivity index is 2.29. The van der Waals surface area contributed by atoms with E-state index >= 15 is 0 Å². The van der Waals surface area contributed by atoms with Gasteiger partial charge in [0.05, 0.1) is 0 Å². The Morgan fingerprint density at radius 2 is 2.50 bits per heavy atom. The molecule has 1 rings (SSSR count). The van der Waals surface area contributed by atoms with Gasteiger partial charge in [0.15, 0.2) is 0 Å². The fourth-order valence-electron chi connectivity index (χ4n) is 1.13. The number of hydrogen-bond acceptors (Lipinski definition) is 3. The third-order valence-electron chi connectivity index (χ3n) is 2.10. The van der Waals surface area contributed by atoms with Gasteiger partial charge in [-0.05, 0) is 13.8 Å². The second-order valence-corrected chi connectivity index (χ2v) is 3.18. The van der Waals surface area contributed by atoms with E-state index in [1.807, 2.05) is 17.7 Å². The van der Waals surface area contributed by atoms with Crippen LogP contribution in [0.4, 0.5) is 0 Å². The molecule has 0 bridgehead atoms. The summed E-state index contributed by atoms with van der Waals surface area (Å²) in [5.74, 6) is 0.113. The molecule has 0 saturated heterocycles. The summed E-state index contributed by atoms with van der Waals surface area (Å²) in [7, 11) is 0. The van der Waals surface area contributed by atoms with Crippen LogP contribution in [0.5, 0.6) is 0 Å². The Kier molecular flexibility index (Phi) is 3.64. The summed E-state index contributed by atoms with van der Waals surface area (Å²) < 4.78 is 1.97. The van der Waals surface area contributed by atoms with Crippen LogP contribution in [0, 0.1) is 6.92 Å². The van der Waals surface area contributed by atoms with Crippen LogP contribution in [0.15, 0.2) is 12.4 Å². The highest BCUT2D eigenvalue weighted by Crippen LogP contribution is 1.93. The van der Waals surface area contributed by atoms with Crippen LogP contribution in [0.3, 0.4) is 0 Å². The van der Waals surface area contributed by atoms with Crippen molar-refractivity contribution in [3.8, 4) is 0 Å². The molecule has 0 amide bonds. The number of carboxylic acids is 1. The van der Waals surface area contributed by atoms with Gasteiger partial charge in [0.25, 0.3) is 0 Å². The van der Waals surface area contributed by atoms with Crippen LogP contribution in [0.1, 0.15) is 12.7 Å². The molecule has 1 aromatic heterocycles. The molecule has 0 aliphatic carbocycles. The number of carbonyl (C=O) groups is 1. The first-order valence-electron chi connectivity index (χ1n) is 4.55. The average Bonchev–Trinajstić information content (AvgIpc) is 2.51. The molecular formula is C9H15N3O2. The van der Waals surface area contributed by atoms with E-state index in [1.165, 1.54) is 0 Å². The molecule has 14 heavy (non-hydrogen) atoms. The number of aromatic nitrogens is 2. The number of nitrogens with zero attached hydrogens (tertiary/aromatic N) is 2. The van der Waals surface area contributed by atoms with Gasteiger partial charge in [0.2, 0.25) is 0 Å². The van der Waals surface area contributed by atoms with Gasteiger partial charge < -0.3 is 15.0 Å². The molecule has 0 aromatic carbocycles. The van der Waals surface area contributed by atoms with Gasteiger partial charge in [-0.15, -0.1) is 0 Å². The lowest BCUT2D eigenvalue weighted by Crippen LogP contribution is -2.35. The molecule has 0 radical (unpaired) electrons. The molecule has 0 aliphatic heterocycles. The van der Waals surface area contributed by atoms with Crippen LogP contribution >= 0.6 is 0 Å². The number of imidazole rings is 1. The summed E-state index contributed by atoms with van der Waals surface area (Å²) in [6, 6.07) is -0.501. The lowest BCUT2D eigenvalue weighted by Gasteiger charge is -2.09. The standard InChI is InChI=1S/C9H15N3O2/c1-7(9(13)14)10-3-5-12-6-4-11-8(12)2/h4,6-7,10H,3,5H2,1-2H3,(H,13,14)/t7-/m0/s1. The van der Waals surface area contributed by atoms with E-state index in [1.54, 1.807) is 13.1 Å². The average molecular weight is 197 g/mol. The molecule has 0 spiro atoms. The number of carboxylic acid groups (broad SMARTS) is 1. The molecule has 1 aromatic rings. The molecular weight excluding hydrogens is 182 g/mol. The van der Waals surface area contributed by atoms with Crippen molar-refractivity contribution in [3.63, 3.8) is 0 Å². The molecule has 78 valence electrons. The van der Waals surface area contributed by atoms with Crippen molar-refractivity contribution in [2.75, 3.05) is 6.54 Å². The molecule has 0 saturated carbocycles. The predicted octanol–water partition coefficient (Wildman–Crippen LogP) is 0.254. The normalized spacial score (nSPS) is 12.7. The van der Waals surface area contributed by atoms with Crippen molar-refractivity contribution in [3.05, 3.63) is 18.2 Å². The van der Waals surface area contributed by atoms with Gasteiger partial charge in [-0.1, -0.05) is 0 Å². The van der Waals surface area contributed by atoms with E-state index in [-0.39, 0.29) is 0 Å². The van der Waals surface area contributed by atoms with Crippen molar-refractivity contribution in [2.24, 2.45) is 0 Å². The SMILES string of the molecule is Cc1nccn1CCN[C@@H](C)C(=O)O. The second-order valence-electron chi connectivity index (χ2n) is 3.18. The third kappa shape index (κ3) is 2.85. The van der Waals surface area contributed by atoms with Crippen LogP contribution < -0.4 is 5.32 Å². The number of rotatable bonds is 5. The highest BCUT2D eigenvalue weighted by Gasteiger charge is 2.08. The van der Waals surface area contributed by atoms with E-state index in [9.17, 15) is 4.79 Å². The van der Waals surface area contributed by atoms with E-state index in [4.69, 9.17) is 5.11 Å². The Hall–Kier alpha value is -1.36. The molecule has 5 nitrogen and oxygen atoms in total. The van der Waals surface area contributed by atoms with Crippen LogP contribution in [-0.2, 0) is 11.3 Å². The number of hydrogen-bond donors (Lipinski definition) is 2. The minimum atomic E-state index is -0.827. The summed E-state index contributed by atoms with van der Waals surface area (Å²) in [5, 5.41) is 11.5. The van der Waals surface area contributed by atoms with E-state index < -0.39 is 12.0 Å². The molecule has 1 atom stereocenters. The third-order valence-corrected chi connectivity index (χ3v) is 2.10. The van der Waals surface area contributed by atoms with Crippen molar-refractivity contribution in [1.82, 2.24) is 14.9 Å². The number of aryl methyl sites for hydroxylation is 1. The minimum absolute atomic E-state index is 0.501. The van der Waals surface area contributed by atoms with Gasteiger partial charge in [0, 0.05) is 25.5 Å². The van der Waals surface area contributed by atoms with Gasteiger partial charge in [-0.2, -0.15) is 0 Å². The largest absolute Gasteiger partial charge is 0.480 e. The molecule has 0 fully saturated rings. The molecule has 5 heteroatoms. The first-order chi connectivity index (χ1) is 6.61. The Morgan fingerprint density at radius 1 is 1.79 bits per heavy atom. The van der Waals surface area contributed by atoms with E-state index in [0.29, 0.717) is 6.54 Å². The summed E-state index contributed by atoms with van der Waals surface area (Å²) in [6.45, 7) is 4.91. The van der Waals surface area contributed by atoms with Crippen LogP contribution in [-0.4, -0.2) is 33.2 Å². The fraction of sp³-hybridized carbons (Fsp3) is 0.556. The molecule has 1 heterocycles. The lowest BCUT2D eigenvalue weighted by molar-refractivity contribution is -0.138. The first kappa shape index (κ1) is 10.7. The van der Waals surface area contributed by atoms with E-state index in [0.717, 1.165) is 12.4 Å². The number of nitrogens with one attached hydrogen (secondary N) is 1. The first-order valence-corrected chi connectivity index (χ1v) is 4.55. The Bertz CT molecular complexity index is 309. The summed E-state index contributed by atoms with van der Waals surface area (Å²) in [6.07, 6.45) is 3.61. The minimum Gasteiger partial charge on any atom is -0.480 e. The highest BCUT2D eigenvalue weighted by atomic mass is 16.4. The maximum atomic E-state index is 10.5. The fourth-order valence-corrected chi connectivity index (χ4v) is 1.13. The zero-order valence-electron chi connectivity index (χ0n) is 8.40. The van der Waals surface area contributed by atoms with Crippen molar-refractivity contribution < 1.29 is 9.90 Å². The summed E-state index contributed by atoms with van der Waals surface area (Å²) >= 11 is 0. The predicted molar refractivity (Wildman–Crippen MR) is 52.1 cm³/mol. The smallest absolute Gasteiger partial charge is 0.320 e. The quantitative estimate of drug-likeness (QED) is 0.710. The zero-order chi connectivity index (χ0) is 10.6. The van der Waals surface area contributed by atoms with Crippen molar-refractivity contribution in [1.29, 1.82) is 0 Å². The summed E-state index contributed by atoms with van der Waals surface area (Å²) in [4.78, 5) is 14.5. The molecule has 0 aliphatic rings. The lowest BCUT2D eigenvalue weighted by atomic mass is 10.3. The van der Waals surface area contributed by atoms with E-state index in [2.05, 4.69) is 10.3 Å². The number of aliphatic carboxylic acids is 1.